The predicted molar refractivity (Wildman–Crippen MR) is 162 cm³/mol. The van der Waals surface area contributed by atoms with Crippen LogP contribution in [0.15, 0.2) is 23.5 Å². The summed E-state index contributed by atoms with van der Waals surface area (Å²) < 4.78 is 36.0. The third kappa shape index (κ3) is 5.17. The third-order valence-electron chi connectivity index (χ3n) is 8.38. The maximum Gasteiger partial charge on any atom is 0.335 e. The molecular weight excluding hydrogens is 557 g/mol. The van der Waals surface area contributed by atoms with Gasteiger partial charge in [0.1, 0.15) is 36.2 Å². The van der Waals surface area contributed by atoms with E-state index in [1.165, 1.54) is 6.33 Å². The number of hydrogen-bond donors (Lipinski definition) is 0. The lowest BCUT2D eigenvalue weighted by molar-refractivity contribution is -0.0733. The number of ether oxygens (including phenoxy) is 2. The third-order valence-corrected chi connectivity index (χ3v) is 18.6. The largest absolute Gasteiger partial charge is 0.414 e. The van der Waals surface area contributed by atoms with Gasteiger partial charge < -0.3 is 27.3 Å². The van der Waals surface area contributed by atoms with Crippen LogP contribution in [-0.2, 0) is 28.0 Å². The molecule has 4 heterocycles. The number of aromatic nitrogens is 3. The molecule has 0 N–H and O–H groups in total. The highest BCUT2D eigenvalue weighted by Gasteiger charge is 2.66. The van der Waals surface area contributed by atoms with Gasteiger partial charge in [-0.05, 0) is 34.3 Å². The van der Waals surface area contributed by atoms with E-state index in [1.54, 1.807) is 18.0 Å². The lowest BCUT2D eigenvalue weighted by atomic mass is 9.92. The molecule has 0 saturated carbocycles. The zero-order valence-corrected chi connectivity index (χ0v) is 28.3. The highest BCUT2D eigenvalue weighted by atomic mass is 28.5. The Labute approximate surface area is 246 Å². The van der Waals surface area contributed by atoms with Crippen molar-refractivity contribution in [1.29, 1.82) is 5.26 Å². The van der Waals surface area contributed by atoms with Gasteiger partial charge in [0.2, 0.25) is 5.60 Å². The van der Waals surface area contributed by atoms with Gasteiger partial charge in [-0.25, -0.2) is 14.5 Å². The van der Waals surface area contributed by atoms with E-state index >= 15 is 0 Å². The Hall–Kier alpha value is -2.19. The number of fused-ring (bicyclic) bond motifs is 2. The summed E-state index contributed by atoms with van der Waals surface area (Å²) in [6, 6.07) is 6.15. The van der Waals surface area contributed by atoms with Crippen LogP contribution in [0, 0.1) is 11.3 Å². The molecule has 2 aromatic rings. The van der Waals surface area contributed by atoms with Gasteiger partial charge in [0.15, 0.2) is 5.82 Å². The molecule has 0 amide bonds. The standard InChI is InChI=1S/C28H46N6O5Si2/c1-18(2)40(19(3)4)36-14-23-25(38-41(39-40,20(5)6)21(7)8)26(35-11)28(15-29,37-23)24-13-12-22-27(31-17-33(9)10)30-16-32-34(22)24/h12-13,16-21,23,25-26H,14H2,1-11H3/b31-17-/t23-,25-,26-,28+/m1/s1. The zero-order chi connectivity index (χ0) is 30.3. The minimum Gasteiger partial charge on any atom is -0.414 e. The van der Waals surface area contributed by atoms with Crippen LogP contribution in [0.3, 0.4) is 0 Å². The van der Waals surface area contributed by atoms with Gasteiger partial charge in [-0.3, -0.25) is 0 Å². The van der Waals surface area contributed by atoms with Crippen molar-refractivity contribution in [2.45, 2.75) is 101 Å². The van der Waals surface area contributed by atoms with Gasteiger partial charge in [0.05, 0.1) is 18.6 Å². The lowest BCUT2D eigenvalue weighted by Gasteiger charge is -2.51. The molecule has 226 valence electrons. The van der Waals surface area contributed by atoms with Crippen LogP contribution in [0.4, 0.5) is 5.82 Å². The Morgan fingerprint density at radius 3 is 2.27 bits per heavy atom. The zero-order valence-electron chi connectivity index (χ0n) is 26.3. The summed E-state index contributed by atoms with van der Waals surface area (Å²) >= 11 is 0. The van der Waals surface area contributed by atoms with E-state index in [0.29, 0.717) is 17.0 Å². The quantitative estimate of drug-likeness (QED) is 0.233. The van der Waals surface area contributed by atoms with E-state index in [9.17, 15) is 5.26 Å². The molecule has 0 radical (unpaired) electrons. The maximum atomic E-state index is 10.9. The summed E-state index contributed by atoms with van der Waals surface area (Å²) in [6.45, 7) is 17.7. The van der Waals surface area contributed by atoms with Gasteiger partial charge in [0.25, 0.3) is 0 Å². The minimum absolute atomic E-state index is 0.128. The summed E-state index contributed by atoms with van der Waals surface area (Å²) in [5, 5.41) is 15.3. The van der Waals surface area contributed by atoms with Crippen molar-refractivity contribution in [1.82, 2.24) is 19.5 Å². The Morgan fingerprint density at radius 1 is 1.10 bits per heavy atom. The van der Waals surface area contributed by atoms with E-state index in [-0.39, 0.29) is 28.8 Å². The van der Waals surface area contributed by atoms with Crippen LogP contribution in [0.5, 0.6) is 0 Å². The first-order chi connectivity index (χ1) is 19.3. The Morgan fingerprint density at radius 2 is 1.73 bits per heavy atom. The van der Waals surface area contributed by atoms with Crippen LogP contribution in [0.2, 0.25) is 22.2 Å². The van der Waals surface area contributed by atoms with Crippen LogP contribution in [0.25, 0.3) is 5.52 Å². The second-order valence-corrected chi connectivity index (χ2v) is 21.4. The average molecular weight is 603 g/mol. The fourth-order valence-electron chi connectivity index (χ4n) is 6.33. The van der Waals surface area contributed by atoms with E-state index in [0.717, 1.165) is 0 Å². The fourth-order valence-corrected chi connectivity index (χ4v) is 17.5. The molecule has 2 aliphatic heterocycles. The topological polar surface area (TPSA) is 116 Å². The SMILES string of the molecule is CO[C@@H]1[C@@H]2O[Si](C(C)C)(C(C)C)O[Si](C(C)C)(C(C)C)OC[C@H]2O[C@@]1(C#N)c1ccc2c(/N=C\N(C)C)ncnn12. The van der Waals surface area contributed by atoms with Gasteiger partial charge in [0, 0.05) is 21.2 Å². The Kier molecular flexibility index (Phi) is 9.16. The first-order valence-electron chi connectivity index (χ1n) is 14.5. The van der Waals surface area contributed by atoms with Crippen LogP contribution < -0.4 is 0 Å². The minimum atomic E-state index is -2.96. The number of hydrogen-bond acceptors (Lipinski definition) is 9. The van der Waals surface area contributed by atoms with Gasteiger partial charge in [-0.15, -0.1) is 0 Å². The molecule has 2 aromatic heterocycles. The van der Waals surface area contributed by atoms with E-state index in [1.807, 2.05) is 31.1 Å². The first-order valence-corrected chi connectivity index (χ1v) is 18.4. The molecular formula is C28H46N6O5Si2. The second kappa shape index (κ2) is 11.8. The second-order valence-electron chi connectivity index (χ2n) is 12.5. The lowest BCUT2D eigenvalue weighted by Crippen LogP contribution is -2.66. The van der Waals surface area contributed by atoms with Crippen molar-refractivity contribution in [3.05, 3.63) is 24.2 Å². The van der Waals surface area contributed by atoms with Crippen molar-refractivity contribution >= 4 is 34.8 Å². The van der Waals surface area contributed by atoms with Crippen molar-refractivity contribution in [3.8, 4) is 6.07 Å². The predicted octanol–water partition coefficient (Wildman–Crippen LogP) is 5.04. The van der Waals surface area contributed by atoms with Crippen LogP contribution in [0.1, 0.15) is 61.1 Å². The number of nitriles is 1. The molecule has 0 unspecified atom stereocenters. The van der Waals surface area contributed by atoms with Crippen molar-refractivity contribution in [3.63, 3.8) is 0 Å². The summed E-state index contributed by atoms with van der Waals surface area (Å²) in [5.74, 6) is 0.481. The van der Waals surface area contributed by atoms with Crippen molar-refractivity contribution in [2.24, 2.45) is 4.99 Å². The fraction of sp³-hybridized carbons (Fsp3) is 0.714. The van der Waals surface area contributed by atoms with Crippen molar-refractivity contribution < 1.29 is 22.4 Å². The first kappa shape index (κ1) is 31.7. The Balaban J connectivity index is 1.88. The summed E-state index contributed by atoms with van der Waals surface area (Å²) in [4.78, 5) is 10.7. The van der Waals surface area contributed by atoms with Gasteiger partial charge in [-0.2, -0.15) is 10.4 Å². The van der Waals surface area contributed by atoms with Crippen LogP contribution in [-0.4, -0.2) is 89.1 Å². The molecule has 13 heteroatoms. The Bertz CT molecular complexity index is 1280. The number of methoxy groups -OCH3 is 1. The highest BCUT2D eigenvalue weighted by molar-refractivity contribution is 6.84. The molecule has 0 aromatic carbocycles. The molecule has 2 aliphatic rings. The average Bonchev–Trinajstić information content (AvgIpc) is 3.46. The van der Waals surface area contributed by atoms with Gasteiger partial charge in [-0.1, -0.05) is 55.4 Å². The van der Waals surface area contributed by atoms with Crippen molar-refractivity contribution in [2.75, 3.05) is 27.8 Å². The smallest absolute Gasteiger partial charge is 0.335 e. The molecule has 4 rings (SSSR count). The molecule has 2 saturated heterocycles. The molecule has 2 fully saturated rings. The van der Waals surface area contributed by atoms with E-state index < -0.39 is 41.0 Å². The number of rotatable bonds is 8. The van der Waals surface area contributed by atoms with E-state index in [4.69, 9.17) is 22.4 Å². The highest BCUT2D eigenvalue weighted by Crippen LogP contribution is 2.51. The maximum absolute atomic E-state index is 10.9. The van der Waals surface area contributed by atoms with Gasteiger partial charge >= 0.3 is 17.1 Å². The summed E-state index contributed by atoms with van der Waals surface area (Å²) in [6.07, 6.45) is 1.21. The monoisotopic (exact) mass is 602 g/mol. The molecule has 11 nitrogen and oxygen atoms in total. The molecule has 0 spiro atoms. The van der Waals surface area contributed by atoms with E-state index in [2.05, 4.69) is 76.5 Å². The molecule has 0 bridgehead atoms. The van der Waals surface area contributed by atoms with Crippen LogP contribution >= 0.6 is 0 Å². The number of nitrogens with zero attached hydrogens (tertiary/aromatic N) is 6. The molecule has 0 aliphatic carbocycles. The molecule has 41 heavy (non-hydrogen) atoms. The summed E-state index contributed by atoms with van der Waals surface area (Å²) in [5.41, 5.74) is 0.303. The molecule has 4 atom stereocenters. The summed E-state index contributed by atoms with van der Waals surface area (Å²) in [7, 11) is -0.366. The number of aliphatic imine (C=N–C) groups is 1. The normalized spacial score (nSPS) is 28.0.